The van der Waals surface area contributed by atoms with E-state index in [1.165, 1.54) is 5.57 Å². The average Bonchev–Trinajstić information content (AvgIpc) is 2.41. The zero-order valence-electron chi connectivity index (χ0n) is 9.51. The van der Waals surface area contributed by atoms with Crippen LogP contribution in [0, 0.1) is 11.3 Å². The van der Waals surface area contributed by atoms with E-state index in [2.05, 4.69) is 48.9 Å². The van der Waals surface area contributed by atoms with E-state index in [-0.39, 0.29) is 10.2 Å². The Kier molecular flexibility index (Phi) is 2.66. The lowest BCUT2D eigenvalue weighted by molar-refractivity contribution is -0.114. The summed E-state index contributed by atoms with van der Waals surface area (Å²) in [6, 6.07) is 0. The van der Waals surface area contributed by atoms with E-state index in [9.17, 15) is 4.79 Å². The van der Waals surface area contributed by atoms with Gasteiger partial charge in [-0.15, -0.1) is 0 Å². The van der Waals surface area contributed by atoms with E-state index in [1.54, 1.807) is 0 Å². The van der Waals surface area contributed by atoms with Crippen LogP contribution in [0.4, 0.5) is 0 Å². The minimum atomic E-state index is 0.0569. The number of halogens is 1. The molecule has 1 fully saturated rings. The molecule has 2 aliphatic carbocycles. The molecule has 82 valence electrons. The molecule has 0 amide bonds. The summed E-state index contributed by atoms with van der Waals surface area (Å²) in [6.07, 6.45) is 6.43. The summed E-state index contributed by atoms with van der Waals surface area (Å²) in [5.74, 6) is 0.767. The molecule has 15 heavy (non-hydrogen) atoms. The summed E-state index contributed by atoms with van der Waals surface area (Å²) in [6.45, 7) is 6.59. The summed E-state index contributed by atoms with van der Waals surface area (Å²) < 4.78 is 0. The number of hydrogen-bond acceptors (Lipinski definition) is 1. The topological polar surface area (TPSA) is 17.1 Å². The summed E-state index contributed by atoms with van der Waals surface area (Å²) in [4.78, 5) is 11.9. The molecule has 1 saturated carbocycles. The Balaban J connectivity index is 2.31. The molecule has 2 heteroatoms. The third kappa shape index (κ3) is 1.96. The van der Waals surface area contributed by atoms with Gasteiger partial charge in [0.05, 0.1) is 4.83 Å². The van der Waals surface area contributed by atoms with E-state index in [1.807, 2.05) is 0 Å². The lowest BCUT2D eigenvalue weighted by atomic mass is 9.79. The quantitative estimate of drug-likeness (QED) is 0.613. The zero-order chi connectivity index (χ0) is 11.2. The van der Waals surface area contributed by atoms with E-state index in [0.29, 0.717) is 11.7 Å². The first-order valence-corrected chi connectivity index (χ1v) is 6.41. The standard InChI is InChI=1S/C13H17BrO/c1-13(2,3)9-5-4-8-6-11(14)12(15)10(8)7-9/h5,7-8,11H,4,6H2,1-3H3. The van der Waals surface area contributed by atoms with Gasteiger partial charge in [0.1, 0.15) is 0 Å². The van der Waals surface area contributed by atoms with Crippen LogP contribution in [0.5, 0.6) is 0 Å². The summed E-state index contributed by atoms with van der Waals surface area (Å²) in [7, 11) is 0. The first-order chi connectivity index (χ1) is 6.89. The van der Waals surface area contributed by atoms with Gasteiger partial charge in [-0.2, -0.15) is 0 Å². The molecular formula is C13H17BrO. The Morgan fingerprint density at radius 1 is 1.40 bits per heavy atom. The number of Topliss-reactive ketones (excluding diaryl/α,β-unsaturated/α-hetero) is 1. The number of rotatable bonds is 0. The third-order valence-corrected chi connectivity index (χ3v) is 4.09. The van der Waals surface area contributed by atoms with Gasteiger partial charge in [0.15, 0.2) is 5.78 Å². The van der Waals surface area contributed by atoms with Crippen LogP contribution < -0.4 is 0 Å². The Bertz CT molecular complexity index is 357. The van der Waals surface area contributed by atoms with E-state index in [0.717, 1.165) is 18.4 Å². The van der Waals surface area contributed by atoms with E-state index < -0.39 is 0 Å². The second-order valence-electron chi connectivity index (χ2n) is 5.51. The van der Waals surface area contributed by atoms with Gasteiger partial charge >= 0.3 is 0 Å². The number of alkyl halides is 1. The molecule has 0 aromatic carbocycles. The van der Waals surface area contributed by atoms with Crippen molar-refractivity contribution in [3.63, 3.8) is 0 Å². The van der Waals surface area contributed by atoms with E-state index >= 15 is 0 Å². The highest BCUT2D eigenvalue weighted by atomic mass is 79.9. The molecule has 0 N–H and O–H groups in total. The lowest BCUT2D eigenvalue weighted by Crippen LogP contribution is -2.14. The molecule has 2 unspecified atom stereocenters. The fourth-order valence-corrected chi connectivity index (χ4v) is 3.01. The molecule has 2 aliphatic rings. The van der Waals surface area contributed by atoms with Crippen LogP contribution in [0.2, 0.25) is 0 Å². The van der Waals surface area contributed by atoms with Crippen molar-refractivity contribution < 1.29 is 4.79 Å². The molecule has 0 saturated heterocycles. The molecule has 2 rings (SSSR count). The highest BCUT2D eigenvalue weighted by Crippen LogP contribution is 2.41. The first kappa shape index (κ1) is 11.1. The van der Waals surface area contributed by atoms with Gasteiger partial charge in [-0.25, -0.2) is 0 Å². The minimum Gasteiger partial charge on any atom is -0.293 e. The summed E-state index contributed by atoms with van der Waals surface area (Å²) in [5, 5.41) is 0. The SMILES string of the molecule is CC(C)(C)C1=CCC2CC(Br)C(=O)C2=C1. The number of allylic oxidation sites excluding steroid dienone is 4. The van der Waals surface area contributed by atoms with Gasteiger partial charge in [-0.1, -0.05) is 48.9 Å². The molecule has 0 radical (unpaired) electrons. The Labute approximate surface area is 99.8 Å². The van der Waals surface area contributed by atoms with Crippen LogP contribution in [0.15, 0.2) is 23.3 Å². The van der Waals surface area contributed by atoms with Crippen molar-refractivity contribution in [2.45, 2.75) is 38.4 Å². The maximum absolute atomic E-state index is 11.9. The monoisotopic (exact) mass is 268 g/mol. The molecule has 2 atom stereocenters. The van der Waals surface area contributed by atoms with Crippen molar-refractivity contribution in [1.29, 1.82) is 0 Å². The molecule has 1 nitrogen and oxygen atoms in total. The van der Waals surface area contributed by atoms with Gasteiger partial charge in [-0.3, -0.25) is 4.79 Å². The molecule has 0 spiro atoms. The molecule has 0 bridgehead atoms. The van der Waals surface area contributed by atoms with Crippen molar-refractivity contribution in [2.24, 2.45) is 11.3 Å². The van der Waals surface area contributed by atoms with Gasteiger partial charge < -0.3 is 0 Å². The predicted molar refractivity (Wildman–Crippen MR) is 66.1 cm³/mol. The maximum Gasteiger partial charge on any atom is 0.172 e. The third-order valence-electron chi connectivity index (χ3n) is 3.30. The van der Waals surface area contributed by atoms with Crippen molar-refractivity contribution in [2.75, 3.05) is 0 Å². The number of carbonyl (C=O) groups excluding carboxylic acids is 1. The highest BCUT2D eigenvalue weighted by Gasteiger charge is 2.37. The fraction of sp³-hybridized carbons (Fsp3) is 0.615. The van der Waals surface area contributed by atoms with Gasteiger partial charge in [0.2, 0.25) is 0 Å². The number of hydrogen-bond donors (Lipinski definition) is 0. The summed E-state index contributed by atoms with van der Waals surface area (Å²) >= 11 is 3.45. The molecule has 0 aromatic heterocycles. The predicted octanol–water partition coefficient (Wildman–Crippen LogP) is 3.64. The van der Waals surface area contributed by atoms with E-state index in [4.69, 9.17) is 0 Å². The fourth-order valence-electron chi connectivity index (χ4n) is 2.30. The van der Waals surface area contributed by atoms with Crippen molar-refractivity contribution >= 4 is 21.7 Å². The van der Waals surface area contributed by atoms with Gasteiger partial charge in [0.25, 0.3) is 0 Å². The van der Waals surface area contributed by atoms with Crippen molar-refractivity contribution in [3.05, 3.63) is 23.3 Å². The summed E-state index contributed by atoms with van der Waals surface area (Å²) in [5.41, 5.74) is 2.51. The highest BCUT2D eigenvalue weighted by molar-refractivity contribution is 9.10. The largest absolute Gasteiger partial charge is 0.293 e. The van der Waals surface area contributed by atoms with Crippen LogP contribution in [0.3, 0.4) is 0 Å². The maximum atomic E-state index is 11.9. The zero-order valence-corrected chi connectivity index (χ0v) is 11.1. The van der Waals surface area contributed by atoms with Crippen molar-refractivity contribution in [1.82, 2.24) is 0 Å². The second-order valence-corrected chi connectivity index (χ2v) is 6.61. The molecule has 0 aliphatic heterocycles. The van der Waals surface area contributed by atoms with Crippen molar-refractivity contribution in [3.8, 4) is 0 Å². The van der Waals surface area contributed by atoms with Crippen LogP contribution >= 0.6 is 15.9 Å². The van der Waals surface area contributed by atoms with Crippen LogP contribution in [-0.2, 0) is 4.79 Å². The minimum absolute atomic E-state index is 0.0569. The number of fused-ring (bicyclic) bond motifs is 1. The smallest absolute Gasteiger partial charge is 0.172 e. The van der Waals surface area contributed by atoms with Crippen LogP contribution in [0.1, 0.15) is 33.6 Å². The van der Waals surface area contributed by atoms with Gasteiger partial charge in [0, 0.05) is 5.57 Å². The van der Waals surface area contributed by atoms with Crippen LogP contribution in [-0.4, -0.2) is 10.6 Å². The molecular weight excluding hydrogens is 252 g/mol. The number of ketones is 1. The first-order valence-electron chi connectivity index (χ1n) is 5.50. The molecule has 0 aromatic rings. The second kappa shape index (κ2) is 3.58. The van der Waals surface area contributed by atoms with Crippen LogP contribution in [0.25, 0.3) is 0 Å². The number of carbonyl (C=O) groups is 1. The normalized spacial score (nSPS) is 31.1. The lowest BCUT2D eigenvalue weighted by Gasteiger charge is -2.25. The Hall–Kier alpha value is -0.370. The van der Waals surface area contributed by atoms with Gasteiger partial charge in [-0.05, 0) is 29.7 Å². The Morgan fingerprint density at radius 2 is 2.07 bits per heavy atom. The molecule has 0 heterocycles. The Morgan fingerprint density at radius 3 is 2.67 bits per heavy atom. The average molecular weight is 269 g/mol.